The van der Waals surface area contributed by atoms with Gasteiger partial charge in [-0.1, -0.05) is 18.2 Å². The van der Waals surface area contributed by atoms with Gasteiger partial charge in [0.05, 0.1) is 16.9 Å². The minimum atomic E-state index is -0.336. The van der Waals surface area contributed by atoms with E-state index < -0.39 is 0 Å². The summed E-state index contributed by atoms with van der Waals surface area (Å²) in [4.78, 5) is 12.9. The van der Waals surface area contributed by atoms with Crippen molar-refractivity contribution in [3.63, 3.8) is 0 Å². The van der Waals surface area contributed by atoms with Gasteiger partial charge in [-0.15, -0.1) is 5.10 Å². The van der Waals surface area contributed by atoms with Crippen LogP contribution in [-0.2, 0) is 0 Å². The normalized spacial score (nSPS) is 11.0. The van der Waals surface area contributed by atoms with Crippen molar-refractivity contribution >= 4 is 39.0 Å². The number of rotatable bonds is 3. The number of aromatic nitrogens is 4. The first-order valence-electron chi connectivity index (χ1n) is 7.90. The van der Waals surface area contributed by atoms with Crippen LogP contribution in [0.2, 0.25) is 0 Å². The van der Waals surface area contributed by atoms with Crippen molar-refractivity contribution < 1.29 is 4.79 Å². The molecule has 3 heterocycles. The fourth-order valence-corrected chi connectivity index (χ4v) is 3.28. The second-order valence-electron chi connectivity index (χ2n) is 5.78. The predicted octanol–water partition coefficient (Wildman–Crippen LogP) is 3.43. The third kappa shape index (κ3) is 2.74. The molecule has 0 spiro atoms. The molecule has 0 saturated carbocycles. The van der Waals surface area contributed by atoms with Crippen LogP contribution in [0.15, 0.2) is 59.2 Å². The van der Waals surface area contributed by atoms with Crippen LogP contribution in [-0.4, -0.2) is 25.3 Å². The number of nitrogens with two attached hydrogens (primary N) is 1. The van der Waals surface area contributed by atoms with Crippen molar-refractivity contribution in [2.24, 2.45) is 0 Å². The summed E-state index contributed by atoms with van der Waals surface area (Å²) in [6, 6.07) is 14.9. The van der Waals surface area contributed by atoms with E-state index in [4.69, 9.17) is 5.73 Å². The molecule has 0 radical (unpaired) electrons. The number of benzene rings is 1. The number of fused-ring (bicyclic) bond motifs is 1. The monoisotopic (exact) mass is 410 g/mol. The van der Waals surface area contributed by atoms with Gasteiger partial charge in [0.25, 0.3) is 5.91 Å². The summed E-state index contributed by atoms with van der Waals surface area (Å²) < 4.78 is 4.13. The maximum atomic E-state index is 12.9. The SMILES string of the molecule is Cc1cc(NC(=O)c2c(N)nn3ccccc23)n(-c2ccccc2Br)n1. The number of anilines is 2. The molecule has 0 unspecified atom stereocenters. The van der Waals surface area contributed by atoms with Crippen LogP contribution in [0.25, 0.3) is 11.2 Å². The minimum absolute atomic E-state index is 0.178. The summed E-state index contributed by atoms with van der Waals surface area (Å²) in [5.74, 6) is 0.392. The van der Waals surface area contributed by atoms with E-state index >= 15 is 0 Å². The van der Waals surface area contributed by atoms with Crippen molar-refractivity contribution in [2.45, 2.75) is 6.92 Å². The van der Waals surface area contributed by atoms with Crippen LogP contribution >= 0.6 is 15.9 Å². The van der Waals surface area contributed by atoms with E-state index in [1.165, 1.54) is 0 Å². The summed E-state index contributed by atoms with van der Waals surface area (Å²) in [5.41, 5.74) is 8.55. The highest BCUT2D eigenvalue weighted by Gasteiger charge is 2.20. The predicted molar refractivity (Wildman–Crippen MR) is 104 cm³/mol. The number of nitrogen functional groups attached to an aromatic ring is 1. The van der Waals surface area contributed by atoms with E-state index in [-0.39, 0.29) is 11.7 Å². The van der Waals surface area contributed by atoms with E-state index in [1.807, 2.05) is 43.3 Å². The molecule has 130 valence electrons. The molecule has 0 aliphatic carbocycles. The third-order valence-electron chi connectivity index (χ3n) is 3.95. The van der Waals surface area contributed by atoms with Crippen LogP contribution in [0.4, 0.5) is 11.6 Å². The summed E-state index contributed by atoms with van der Waals surface area (Å²) in [7, 11) is 0. The van der Waals surface area contributed by atoms with Crippen LogP contribution in [0.5, 0.6) is 0 Å². The first-order chi connectivity index (χ1) is 12.5. The molecule has 7 nitrogen and oxygen atoms in total. The standard InChI is InChI=1S/C18H15BrN6O/c1-11-10-15(25(22-11)13-7-3-2-6-12(13)19)21-18(26)16-14-8-4-5-9-24(14)23-17(16)20/h2-10H,1H3,(H2,20,23)(H,21,26). The quantitative estimate of drug-likeness (QED) is 0.541. The average molecular weight is 411 g/mol. The molecule has 3 aromatic heterocycles. The van der Waals surface area contributed by atoms with Crippen molar-refractivity contribution in [1.29, 1.82) is 0 Å². The summed E-state index contributed by atoms with van der Waals surface area (Å²) >= 11 is 3.52. The number of hydrogen-bond donors (Lipinski definition) is 2. The first-order valence-corrected chi connectivity index (χ1v) is 8.69. The van der Waals surface area contributed by atoms with E-state index in [1.54, 1.807) is 27.5 Å². The molecule has 0 saturated heterocycles. The van der Waals surface area contributed by atoms with Gasteiger partial charge < -0.3 is 11.1 Å². The number of carbonyl (C=O) groups is 1. The highest BCUT2D eigenvalue weighted by atomic mass is 79.9. The molecule has 0 bridgehead atoms. The molecular formula is C18H15BrN6O. The number of nitrogens with one attached hydrogen (secondary N) is 1. The molecule has 1 amide bonds. The van der Waals surface area contributed by atoms with Crippen molar-refractivity contribution in [1.82, 2.24) is 19.4 Å². The number of aryl methyl sites for hydroxylation is 1. The van der Waals surface area contributed by atoms with Crippen LogP contribution < -0.4 is 11.1 Å². The largest absolute Gasteiger partial charge is 0.382 e. The minimum Gasteiger partial charge on any atom is -0.382 e. The van der Waals surface area contributed by atoms with Gasteiger partial charge in [0.2, 0.25) is 0 Å². The zero-order valence-electron chi connectivity index (χ0n) is 13.8. The molecular weight excluding hydrogens is 396 g/mol. The second kappa shape index (κ2) is 6.30. The van der Waals surface area contributed by atoms with E-state index in [0.29, 0.717) is 16.9 Å². The van der Waals surface area contributed by atoms with Gasteiger partial charge in [0.15, 0.2) is 5.82 Å². The Morgan fingerprint density at radius 3 is 2.73 bits per heavy atom. The molecule has 1 aromatic carbocycles. The molecule has 26 heavy (non-hydrogen) atoms. The Labute approximate surface area is 157 Å². The van der Waals surface area contributed by atoms with Gasteiger partial charge in [0.1, 0.15) is 11.4 Å². The number of amides is 1. The smallest absolute Gasteiger partial charge is 0.262 e. The number of pyridine rings is 1. The Hall–Kier alpha value is -3.13. The Kier molecular flexibility index (Phi) is 3.96. The Balaban J connectivity index is 1.75. The highest BCUT2D eigenvalue weighted by Crippen LogP contribution is 2.26. The van der Waals surface area contributed by atoms with Gasteiger partial charge in [-0.3, -0.25) is 4.79 Å². The zero-order chi connectivity index (χ0) is 18.3. The topological polar surface area (TPSA) is 90.2 Å². The fourth-order valence-electron chi connectivity index (χ4n) is 2.82. The number of para-hydroxylation sites is 1. The van der Waals surface area contributed by atoms with Gasteiger partial charge in [0, 0.05) is 16.7 Å². The van der Waals surface area contributed by atoms with E-state index in [2.05, 4.69) is 31.4 Å². The Morgan fingerprint density at radius 2 is 1.92 bits per heavy atom. The fraction of sp³-hybridized carbons (Fsp3) is 0.0556. The molecule has 4 aromatic rings. The Bertz CT molecular complexity index is 1130. The number of nitrogens with zero attached hydrogens (tertiary/aromatic N) is 4. The van der Waals surface area contributed by atoms with Crippen molar-refractivity contribution in [3.05, 3.63) is 70.5 Å². The zero-order valence-corrected chi connectivity index (χ0v) is 15.4. The summed E-state index contributed by atoms with van der Waals surface area (Å²) in [6.07, 6.45) is 1.75. The lowest BCUT2D eigenvalue weighted by Crippen LogP contribution is -2.16. The van der Waals surface area contributed by atoms with Crippen molar-refractivity contribution in [2.75, 3.05) is 11.1 Å². The molecule has 4 rings (SSSR count). The average Bonchev–Trinajstić information content (AvgIpc) is 3.14. The molecule has 0 atom stereocenters. The number of carbonyl (C=O) groups excluding carboxylic acids is 1. The summed E-state index contributed by atoms with van der Waals surface area (Å²) in [5, 5.41) is 11.6. The summed E-state index contributed by atoms with van der Waals surface area (Å²) in [6.45, 7) is 1.87. The first kappa shape index (κ1) is 16.3. The van der Waals surface area contributed by atoms with Crippen molar-refractivity contribution in [3.8, 4) is 5.69 Å². The van der Waals surface area contributed by atoms with E-state index in [0.717, 1.165) is 15.9 Å². The van der Waals surface area contributed by atoms with E-state index in [9.17, 15) is 4.79 Å². The maximum absolute atomic E-state index is 12.9. The lowest BCUT2D eigenvalue weighted by Gasteiger charge is -2.10. The van der Waals surface area contributed by atoms with Crippen LogP contribution in [0.3, 0.4) is 0 Å². The van der Waals surface area contributed by atoms with Gasteiger partial charge in [-0.2, -0.15) is 5.10 Å². The molecule has 0 aliphatic heterocycles. The number of halogens is 1. The molecule has 3 N–H and O–H groups in total. The highest BCUT2D eigenvalue weighted by molar-refractivity contribution is 9.10. The maximum Gasteiger partial charge on any atom is 0.262 e. The molecule has 0 aliphatic rings. The lowest BCUT2D eigenvalue weighted by atomic mass is 10.2. The van der Waals surface area contributed by atoms with Gasteiger partial charge >= 0.3 is 0 Å². The Morgan fingerprint density at radius 1 is 1.15 bits per heavy atom. The lowest BCUT2D eigenvalue weighted by molar-refractivity contribution is 0.102. The van der Waals surface area contributed by atoms with Gasteiger partial charge in [-0.05, 0) is 47.1 Å². The second-order valence-corrected chi connectivity index (χ2v) is 6.63. The van der Waals surface area contributed by atoms with Crippen LogP contribution in [0, 0.1) is 6.92 Å². The third-order valence-corrected chi connectivity index (χ3v) is 4.62. The number of hydrogen-bond acceptors (Lipinski definition) is 4. The molecule has 8 heteroatoms. The van der Waals surface area contributed by atoms with Crippen LogP contribution in [0.1, 0.15) is 16.1 Å². The molecule has 0 fully saturated rings. The van der Waals surface area contributed by atoms with Gasteiger partial charge in [-0.25, -0.2) is 9.20 Å².